The Morgan fingerprint density at radius 2 is 2.07 bits per heavy atom. The van der Waals surface area contributed by atoms with Crippen molar-refractivity contribution in [3.63, 3.8) is 0 Å². The number of amides is 3. The van der Waals surface area contributed by atoms with E-state index in [0.717, 1.165) is 25.7 Å². The Bertz CT molecular complexity index is 326. The van der Waals surface area contributed by atoms with Gasteiger partial charge < -0.3 is 5.32 Å². The molecule has 0 spiro atoms. The molecule has 1 atom stereocenters. The van der Waals surface area contributed by atoms with Crippen LogP contribution in [0.3, 0.4) is 0 Å². The summed E-state index contributed by atoms with van der Waals surface area (Å²) in [6.45, 7) is 0. The molecule has 1 aliphatic heterocycles. The average Bonchev–Trinajstić information content (AvgIpc) is 2.77. The van der Waals surface area contributed by atoms with Gasteiger partial charge in [-0.25, -0.2) is 4.79 Å². The van der Waals surface area contributed by atoms with E-state index in [2.05, 4.69) is 11.2 Å². The van der Waals surface area contributed by atoms with Crippen LogP contribution in [-0.4, -0.2) is 28.9 Å². The monoisotopic (exact) mass is 206 g/mol. The third-order valence-corrected chi connectivity index (χ3v) is 3.06. The zero-order chi connectivity index (χ0) is 10.8. The average molecular weight is 206 g/mol. The highest BCUT2D eigenvalue weighted by Gasteiger charge is 2.42. The number of carbonyl (C=O) groups is 2. The van der Waals surface area contributed by atoms with Crippen molar-refractivity contribution < 1.29 is 9.59 Å². The first-order valence-corrected chi connectivity index (χ1v) is 5.31. The van der Waals surface area contributed by atoms with E-state index < -0.39 is 6.04 Å². The zero-order valence-electron chi connectivity index (χ0n) is 8.53. The summed E-state index contributed by atoms with van der Waals surface area (Å²) in [7, 11) is 0. The highest BCUT2D eigenvalue weighted by molar-refractivity contribution is 6.04. The predicted octanol–water partition coefficient (Wildman–Crippen LogP) is 0.873. The summed E-state index contributed by atoms with van der Waals surface area (Å²) in [5, 5.41) is 2.63. The summed E-state index contributed by atoms with van der Waals surface area (Å²) in [4.78, 5) is 24.8. The van der Waals surface area contributed by atoms with Crippen LogP contribution in [-0.2, 0) is 4.79 Å². The summed E-state index contributed by atoms with van der Waals surface area (Å²) >= 11 is 0. The van der Waals surface area contributed by atoms with Crippen molar-refractivity contribution in [2.24, 2.45) is 0 Å². The highest BCUT2D eigenvalue weighted by Crippen LogP contribution is 2.26. The van der Waals surface area contributed by atoms with Crippen LogP contribution in [0, 0.1) is 12.3 Å². The van der Waals surface area contributed by atoms with E-state index in [-0.39, 0.29) is 24.4 Å². The summed E-state index contributed by atoms with van der Waals surface area (Å²) in [5.41, 5.74) is 0. The molecule has 80 valence electrons. The highest BCUT2D eigenvalue weighted by atomic mass is 16.2. The van der Waals surface area contributed by atoms with Crippen molar-refractivity contribution >= 4 is 11.9 Å². The van der Waals surface area contributed by atoms with Gasteiger partial charge in [0.15, 0.2) is 0 Å². The molecule has 2 rings (SSSR count). The van der Waals surface area contributed by atoms with Gasteiger partial charge in [-0.15, -0.1) is 12.3 Å². The Morgan fingerprint density at radius 3 is 2.67 bits per heavy atom. The SMILES string of the molecule is C#CC[C@H]1NC(=O)N(C2CCCC2)C1=O. The molecule has 0 aromatic heterocycles. The Hall–Kier alpha value is -1.50. The van der Waals surface area contributed by atoms with Crippen LogP contribution < -0.4 is 5.32 Å². The van der Waals surface area contributed by atoms with Crippen LogP contribution in [0.4, 0.5) is 4.79 Å². The standard InChI is InChI=1S/C11H14N2O2/c1-2-5-9-10(14)13(11(15)12-9)8-6-3-4-7-8/h1,8-9H,3-7H2,(H,12,15)/t9-/m1/s1. The Labute approximate surface area is 89.0 Å². The van der Waals surface area contributed by atoms with Crippen LogP contribution in [0.5, 0.6) is 0 Å². The van der Waals surface area contributed by atoms with Crippen LogP contribution in [0.25, 0.3) is 0 Å². The molecule has 0 aromatic rings. The molecule has 2 aliphatic rings. The topological polar surface area (TPSA) is 49.4 Å². The number of imide groups is 1. The van der Waals surface area contributed by atoms with Crippen molar-refractivity contribution in [3.05, 3.63) is 0 Å². The van der Waals surface area contributed by atoms with Gasteiger partial charge in [0.1, 0.15) is 6.04 Å². The Kier molecular flexibility index (Phi) is 2.63. The Morgan fingerprint density at radius 1 is 1.40 bits per heavy atom. The molecule has 1 saturated heterocycles. The molecule has 1 N–H and O–H groups in total. The fraction of sp³-hybridized carbons (Fsp3) is 0.636. The number of hydrogen-bond donors (Lipinski definition) is 1. The minimum Gasteiger partial charge on any atom is -0.325 e. The summed E-state index contributed by atoms with van der Waals surface area (Å²) in [6, 6.07) is -0.671. The van der Waals surface area contributed by atoms with Gasteiger partial charge in [-0.05, 0) is 12.8 Å². The van der Waals surface area contributed by atoms with E-state index in [9.17, 15) is 9.59 Å². The molecule has 0 aromatic carbocycles. The lowest BCUT2D eigenvalue weighted by atomic mass is 10.2. The van der Waals surface area contributed by atoms with E-state index in [1.807, 2.05) is 0 Å². The van der Waals surface area contributed by atoms with Crippen molar-refractivity contribution in [3.8, 4) is 12.3 Å². The predicted molar refractivity (Wildman–Crippen MR) is 54.9 cm³/mol. The number of rotatable bonds is 2. The first-order valence-electron chi connectivity index (χ1n) is 5.31. The molecule has 0 radical (unpaired) electrons. The van der Waals surface area contributed by atoms with E-state index in [0.29, 0.717) is 0 Å². The number of terminal acetylenes is 1. The maximum absolute atomic E-state index is 11.8. The number of hydrogen-bond acceptors (Lipinski definition) is 2. The second-order valence-corrected chi connectivity index (χ2v) is 4.06. The lowest BCUT2D eigenvalue weighted by molar-refractivity contribution is -0.128. The molecule has 4 nitrogen and oxygen atoms in total. The van der Waals surface area contributed by atoms with Gasteiger partial charge in [-0.2, -0.15) is 0 Å². The molecule has 1 aliphatic carbocycles. The molecule has 0 bridgehead atoms. The van der Waals surface area contributed by atoms with Crippen LogP contribution >= 0.6 is 0 Å². The van der Waals surface area contributed by atoms with Crippen molar-refractivity contribution in [1.29, 1.82) is 0 Å². The molecule has 1 heterocycles. The molecule has 1 saturated carbocycles. The van der Waals surface area contributed by atoms with Gasteiger partial charge >= 0.3 is 6.03 Å². The summed E-state index contributed by atoms with van der Waals surface area (Å²) in [6.07, 6.45) is 9.49. The van der Waals surface area contributed by atoms with E-state index >= 15 is 0 Å². The normalized spacial score (nSPS) is 26.9. The van der Waals surface area contributed by atoms with Crippen LogP contribution in [0.15, 0.2) is 0 Å². The van der Waals surface area contributed by atoms with Crippen molar-refractivity contribution in [2.75, 3.05) is 0 Å². The zero-order valence-corrected chi connectivity index (χ0v) is 8.53. The van der Waals surface area contributed by atoms with Crippen molar-refractivity contribution in [2.45, 2.75) is 44.2 Å². The number of nitrogens with zero attached hydrogens (tertiary/aromatic N) is 1. The number of carbonyl (C=O) groups excluding carboxylic acids is 2. The summed E-state index contributed by atoms with van der Waals surface area (Å²) in [5.74, 6) is 2.26. The van der Waals surface area contributed by atoms with Gasteiger partial charge in [0, 0.05) is 12.5 Å². The first-order chi connectivity index (χ1) is 7.24. The minimum absolute atomic E-state index is 0.0975. The van der Waals surface area contributed by atoms with Gasteiger partial charge in [0.2, 0.25) is 0 Å². The maximum atomic E-state index is 11.8. The van der Waals surface area contributed by atoms with Gasteiger partial charge in [0.25, 0.3) is 5.91 Å². The van der Waals surface area contributed by atoms with E-state index in [4.69, 9.17) is 6.42 Å². The molecular formula is C11H14N2O2. The van der Waals surface area contributed by atoms with Crippen molar-refractivity contribution in [1.82, 2.24) is 10.2 Å². The molecule has 4 heteroatoms. The second kappa shape index (κ2) is 3.93. The van der Waals surface area contributed by atoms with Crippen LogP contribution in [0.2, 0.25) is 0 Å². The summed E-state index contributed by atoms with van der Waals surface area (Å²) < 4.78 is 0. The molecule has 0 unspecified atom stereocenters. The van der Waals surface area contributed by atoms with Gasteiger partial charge in [-0.1, -0.05) is 12.8 Å². The fourth-order valence-electron chi connectivity index (χ4n) is 2.31. The largest absolute Gasteiger partial charge is 0.325 e. The fourth-order valence-corrected chi connectivity index (χ4v) is 2.31. The molecule has 3 amide bonds. The molecule has 2 fully saturated rings. The lowest BCUT2D eigenvalue weighted by Crippen LogP contribution is -2.39. The third-order valence-electron chi connectivity index (χ3n) is 3.06. The number of nitrogens with one attached hydrogen (secondary N) is 1. The van der Waals surface area contributed by atoms with Gasteiger partial charge in [0.05, 0.1) is 0 Å². The smallest absolute Gasteiger partial charge is 0.325 e. The molecular weight excluding hydrogens is 192 g/mol. The van der Waals surface area contributed by atoms with Gasteiger partial charge in [-0.3, -0.25) is 9.69 Å². The minimum atomic E-state index is -0.497. The lowest BCUT2D eigenvalue weighted by Gasteiger charge is -2.20. The van der Waals surface area contributed by atoms with E-state index in [1.54, 1.807) is 0 Å². The number of urea groups is 1. The maximum Gasteiger partial charge on any atom is 0.325 e. The second-order valence-electron chi connectivity index (χ2n) is 4.06. The van der Waals surface area contributed by atoms with Crippen LogP contribution in [0.1, 0.15) is 32.1 Å². The Balaban J connectivity index is 2.09. The third kappa shape index (κ3) is 1.70. The quantitative estimate of drug-likeness (QED) is 0.538. The molecule has 15 heavy (non-hydrogen) atoms. The van der Waals surface area contributed by atoms with E-state index in [1.165, 1.54) is 4.90 Å². The first kappa shape index (κ1) is 10.0.